The number of carbonyl (C=O) groups is 1. The predicted molar refractivity (Wildman–Crippen MR) is 98.7 cm³/mol. The lowest BCUT2D eigenvalue weighted by Gasteiger charge is -2.37. The molecule has 4 nitrogen and oxygen atoms in total. The Balaban J connectivity index is 1.96. The van der Waals surface area contributed by atoms with Crippen LogP contribution in [0.25, 0.3) is 0 Å². The predicted octanol–water partition coefficient (Wildman–Crippen LogP) is 4.01. The Kier molecular flexibility index (Phi) is 5.69. The van der Waals surface area contributed by atoms with Gasteiger partial charge >= 0.3 is 0 Å². The number of benzene rings is 1. The Morgan fingerprint density at radius 3 is 2.68 bits per heavy atom. The number of rotatable bonds is 5. The van der Waals surface area contributed by atoms with Gasteiger partial charge in [0.2, 0.25) is 5.91 Å². The van der Waals surface area contributed by atoms with E-state index in [0.717, 1.165) is 42.8 Å². The number of hydrogen-bond acceptors (Lipinski definition) is 3. The van der Waals surface area contributed by atoms with E-state index < -0.39 is 0 Å². The lowest BCUT2D eigenvalue weighted by Crippen LogP contribution is -2.45. The van der Waals surface area contributed by atoms with E-state index in [-0.39, 0.29) is 11.8 Å². The van der Waals surface area contributed by atoms with Crippen molar-refractivity contribution in [1.82, 2.24) is 9.88 Å². The number of likely N-dealkylation sites (tertiary alicyclic amines) is 1. The minimum atomic E-state index is -0.362. The van der Waals surface area contributed by atoms with E-state index in [1.54, 1.807) is 13.3 Å². The molecule has 2 aromatic rings. The van der Waals surface area contributed by atoms with Gasteiger partial charge in [-0.2, -0.15) is 0 Å². The van der Waals surface area contributed by atoms with Crippen LogP contribution >= 0.6 is 0 Å². The maximum atomic E-state index is 13.5. The molecule has 1 aliphatic heterocycles. The van der Waals surface area contributed by atoms with Gasteiger partial charge in [0.1, 0.15) is 11.7 Å². The van der Waals surface area contributed by atoms with Crippen molar-refractivity contribution in [2.45, 2.75) is 44.6 Å². The molecule has 0 N–H and O–H groups in total. The number of methoxy groups -OCH3 is 1. The van der Waals surface area contributed by atoms with E-state index in [9.17, 15) is 4.79 Å². The highest BCUT2D eigenvalue weighted by molar-refractivity contribution is 5.87. The second-order valence-corrected chi connectivity index (χ2v) is 6.55. The maximum Gasteiger partial charge on any atom is 0.236 e. The van der Waals surface area contributed by atoms with Crippen LogP contribution in [0, 0.1) is 0 Å². The Labute approximate surface area is 149 Å². The highest BCUT2D eigenvalue weighted by atomic mass is 16.5. The molecule has 1 amide bonds. The fourth-order valence-corrected chi connectivity index (χ4v) is 3.66. The molecule has 1 aliphatic rings. The number of piperidine rings is 1. The van der Waals surface area contributed by atoms with Gasteiger partial charge in [-0.15, -0.1) is 0 Å². The van der Waals surface area contributed by atoms with E-state index in [1.165, 1.54) is 6.42 Å². The molecule has 25 heavy (non-hydrogen) atoms. The molecule has 3 rings (SSSR count). The van der Waals surface area contributed by atoms with Crippen molar-refractivity contribution in [2.75, 3.05) is 13.7 Å². The van der Waals surface area contributed by atoms with E-state index in [4.69, 9.17) is 4.74 Å². The standard InChI is InChI=1S/C21H26N2O2/c1-3-17-8-5-7-15-23(17)21(24)20(19-9-4-6-14-22-19)16-10-12-18(25-2)13-11-16/h4,6,9-14,17,20H,3,5,7-8,15H2,1-2H3. The third-order valence-corrected chi connectivity index (χ3v) is 5.06. The van der Waals surface area contributed by atoms with Crippen LogP contribution in [0.4, 0.5) is 0 Å². The van der Waals surface area contributed by atoms with Crippen LogP contribution in [-0.4, -0.2) is 35.5 Å². The van der Waals surface area contributed by atoms with Crippen LogP contribution in [0.3, 0.4) is 0 Å². The fraction of sp³-hybridized carbons (Fsp3) is 0.429. The molecular formula is C21H26N2O2. The molecule has 2 atom stereocenters. The lowest BCUT2D eigenvalue weighted by atomic mass is 9.90. The summed E-state index contributed by atoms with van der Waals surface area (Å²) in [5, 5.41) is 0. The van der Waals surface area contributed by atoms with Crippen molar-refractivity contribution in [1.29, 1.82) is 0 Å². The van der Waals surface area contributed by atoms with Gasteiger partial charge in [0.05, 0.1) is 12.8 Å². The zero-order valence-corrected chi connectivity index (χ0v) is 15.0. The summed E-state index contributed by atoms with van der Waals surface area (Å²) >= 11 is 0. The van der Waals surface area contributed by atoms with Crippen LogP contribution in [-0.2, 0) is 4.79 Å². The number of nitrogens with zero attached hydrogens (tertiary/aromatic N) is 2. The summed E-state index contributed by atoms with van der Waals surface area (Å²) in [7, 11) is 1.65. The molecule has 1 aromatic heterocycles. The first kappa shape index (κ1) is 17.5. The summed E-state index contributed by atoms with van der Waals surface area (Å²) in [5.41, 5.74) is 1.77. The summed E-state index contributed by atoms with van der Waals surface area (Å²) in [5.74, 6) is 0.593. The SMILES string of the molecule is CCC1CCCCN1C(=O)C(c1ccc(OC)cc1)c1ccccn1. The minimum absolute atomic E-state index is 0.162. The zero-order chi connectivity index (χ0) is 17.6. The third kappa shape index (κ3) is 3.84. The number of pyridine rings is 1. The van der Waals surface area contributed by atoms with Gasteiger partial charge < -0.3 is 9.64 Å². The minimum Gasteiger partial charge on any atom is -0.497 e. The smallest absolute Gasteiger partial charge is 0.236 e. The number of carbonyl (C=O) groups excluding carboxylic acids is 1. The molecular weight excluding hydrogens is 312 g/mol. The Morgan fingerprint density at radius 2 is 2.04 bits per heavy atom. The van der Waals surface area contributed by atoms with Crippen molar-refractivity contribution in [3.8, 4) is 5.75 Å². The lowest BCUT2D eigenvalue weighted by molar-refractivity contribution is -0.135. The van der Waals surface area contributed by atoms with E-state index in [2.05, 4.69) is 16.8 Å². The van der Waals surface area contributed by atoms with Gasteiger partial charge in [-0.25, -0.2) is 0 Å². The van der Waals surface area contributed by atoms with Crippen molar-refractivity contribution >= 4 is 5.91 Å². The first-order valence-electron chi connectivity index (χ1n) is 9.10. The fourth-order valence-electron chi connectivity index (χ4n) is 3.66. The topological polar surface area (TPSA) is 42.4 Å². The first-order valence-corrected chi connectivity index (χ1v) is 9.10. The average molecular weight is 338 g/mol. The number of aromatic nitrogens is 1. The summed E-state index contributed by atoms with van der Waals surface area (Å²) in [6.45, 7) is 3.01. The van der Waals surface area contributed by atoms with E-state index in [1.807, 2.05) is 42.5 Å². The molecule has 0 aliphatic carbocycles. The van der Waals surface area contributed by atoms with Gasteiger partial charge in [0, 0.05) is 18.8 Å². The van der Waals surface area contributed by atoms with Crippen LogP contribution < -0.4 is 4.74 Å². The molecule has 132 valence electrons. The first-order chi connectivity index (χ1) is 12.2. The maximum absolute atomic E-state index is 13.5. The second kappa shape index (κ2) is 8.15. The largest absolute Gasteiger partial charge is 0.497 e. The van der Waals surface area contributed by atoms with E-state index in [0.29, 0.717) is 6.04 Å². The molecule has 1 saturated heterocycles. The monoisotopic (exact) mass is 338 g/mol. The summed E-state index contributed by atoms with van der Waals surface area (Å²) < 4.78 is 5.25. The molecule has 1 fully saturated rings. The quantitative estimate of drug-likeness (QED) is 0.827. The van der Waals surface area contributed by atoms with Crippen LogP contribution in [0.2, 0.25) is 0 Å². The van der Waals surface area contributed by atoms with Crippen molar-refractivity contribution < 1.29 is 9.53 Å². The highest BCUT2D eigenvalue weighted by Crippen LogP contribution is 2.30. The van der Waals surface area contributed by atoms with Crippen molar-refractivity contribution in [2.24, 2.45) is 0 Å². The average Bonchev–Trinajstić information content (AvgIpc) is 2.69. The molecule has 2 heterocycles. The van der Waals surface area contributed by atoms with Crippen molar-refractivity contribution in [3.05, 3.63) is 59.9 Å². The number of ether oxygens (including phenoxy) is 1. The van der Waals surface area contributed by atoms with Gasteiger partial charge in [-0.05, 0) is 55.5 Å². The summed E-state index contributed by atoms with van der Waals surface area (Å²) in [6, 6.07) is 13.9. The Hall–Kier alpha value is -2.36. The Bertz CT molecular complexity index is 685. The van der Waals surface area contributed by atoms with E-state index >= 15 is 0 Å². The Morgan fingerprint density at radius 1 is 1.24 bits per heavy atom. The normalized spacial score (nSPS) is 18.6. The summed E-state index contributed by atoms with van der Waals surface area (Å²) in [4.78, 5) is 20.0. The van der Waals surface area contributed by atoms with Crippen LogP contribution in [0.5, 0.6) is 5.75 Å². The van der Waals surface area contributed by atoms with Gasteiger partial charge in [0.25, 0.3) is 0 Å². The second-order valence-electron chi connectivity index (χ2n) is 6.55. The molecule has 0 saturated carbocycles. The van der Waals surface area contributed by atoms with Crippen LogP contribution in [0.1, 0.15) is 49.8 Å². The highest BCUT2D eigenvalue weighted by Gasteiger charge is 2.33. The molecule has 0 bridgehead atoms. The molecule has 4 heteroatoms. The third-order valence-electron chi connectivity index (χ3n) is 5.06. The molecule has 0 radical (unpaired) electrons. The zero-order valence-electron chi connectivity index (χ0n) is 15.0. The van der Waals surface area contributed by atoms with Crippen molar-refractivity contribution in [3.63, 3.8) is 0 Å². The number of hydrogen-bond donors (Lipinski definition) is 0. The molecule has 2 unspecified atom stereocenters. The number of amides is 1. The summed E-state index contributed by atoms with van der Waals surface area (Å²) in [6.07, 6.45) is 6.15. The van der Waals surface area contributed by atoms with Crippen LogP contribution in [0.15, 0.2) is 48.7 Å². The van der Waals surface area contributed by atoms with Gasteiger partial charge in [0.15, 0.2) is 0 Å². The van der Waals surface area contributed by atoms with Gasteiger partial charge in [-0.1, -0.05) is 25.1 Å². The molecule has 0 spiro atoms. The molecule has 1 aromatic carbocycles. The van der Waals surface area contributed by atoms with Gasteiger partial charge in [-0.3, -0.25) is 9.78 Å².